The Morgan fingerprint density at radius 1 is 1.21 bits per heavy atom. The maximum atomic E-state index is 11.9. The molecule has 2 heterocycles. The number of amides is 1. The second kappa shape index (κ2) is 9.11. The normalized spacial score (nSPS) is 11.0. The van der Waals surface area contributed by atoms with E-state index >= 15 is 0 Å². The molecule has 10 heteroatoms. The number of aromatic nitrogens is 2. The van der Waals surface area contributed by atoms with Crippen LogP contribution in [0.5, 0.6) is 0 Å². The summed E-state index contributed by atoms with van der Waals surface area (Å²) in [7, 11) is 0. The molecule has 0 aliphatic carbocycles. The molecule has 0 aliphatic heterocycles. The zero-order chi connectivity index (χ0) is 20.8. The molecule has 0 atom stereocenters. The molecule has 0 aliphatic rings. The van der Waals surface area contributed by atoms with Crippen LogP contribution in [0.3, 0.4) is 0 Å². The van der Waals surface area contributed by atoms with Crippen LogP contribution in [0.4, 0.5) is 5.69 Å². The van der Waals surface area contributed by atoms with Crippen LogP contribution in [-0.2, 0) is 4.79 Å². The number of non-ortho nitro benzene ring substituents is 1. The van der Waals surface area contributed by atoms with Gasteiger partial charge in [-0.15, -0.1) is 0 Å². The number of hydrogen-bond acceptors (Lipinski definition) is 8. The topological polar surface area (TPSA) is 124 Å². The third-order valence-electron chi connectivity index (χ3n) is 3.66. The summed E-state index contributed by atoms with van der Waals surface area (Å²) in [4.78, 5) is 30.7. The lowest BCUT2D eigenvalue weighted by atomic mass is 10.1. The van der Waals surface area contributed by atoms with Gasteiger partial charge >= 0.3 is 0 Å². The molecule has 0 saturated carbocycles. The molecule has 1 amide bonds. The fourth-order valence-corrected chi connectivity index (χ4v) is 3.15. The lowest BCUT2D eigenvalue weighted by molar-refractivity contribution is -0.384. The van der Waals surface area contributed by atoms with Crippen molar-refractivity contribution >= 4 is 29.6 Å². The Morgan fingerprint density at radius 3 is 2.55 bits per heavy atom. The molecule has 0 bridgehead atoms. The summed E-state index contributed by atoms with van der Waals surface area (Å²) in [5, 5.41) is 15.1. The molecule has 0 unspecified atom stereocenters. The maximum absolute atomic E-state index is 11.9. The average molecular weight is 411 g/mol. The number of rotatable bonds is 7. The van der Waals surface area contributed by atoms with Crippen LogP contribution in [0, 0.1) is 24.0 Å². The first-order chi connectivity index (χ1) is 13.9. The monoisotopic (exact) mass is 411 g/mol. The van der Waals surface area contributed by atoms with Gasteiger partial charge in [0.15, 0.2) is 5.16 Å². The van der Waals surface area contributed by atoms with Crippen molar-refractivity contribution in [2.45, 2.75) is 19.0 Å². The van der Waals surface area contributed by atoms with E-state index in [0.717, 1.165) is 11.4 Å². The number of hydrogen-bond donors (Lipinski definition) is 1. The van der Waals surface area contributed by atoms with Crippen molar-refractivity contribution in [1.29, 1.82) is 0 Å². The van der Waals surface area contributed by atoms with E-state index in [2.05, 4.69) is 20.5 Å². The highest BCUT2D eigenvalue weighted by Crippen LogP contribution is 2.24. The highest BCUT2D eigenvalue weighted by molar-refractivity contribution is 7.99. The van der Waals surface area contributed by atoms with Gasteiger partial charge in [0.05, 0.1) is 16.9 Å². The average Bonchev–Trinajstić information content (AvgIpc) is 3.14. The van der Waals surface area contributed by atoms with Gasteiger partial charge in [0.1, 0.15) is 11.5 Å². The number of hydrazone groups is 1. The van der Waals surface area contributed by atoms with Gasteiger partial charge in [-0.1, -0.05) is 11.8 Å². The Balaban J connectivity index is 1.52. The maximum Gasteiger partial charge on any atom is 0.269 e. The molecule has 29 heavy (non-hydrogen) atoms. The molecule has 0 spiro atoms. The van der Waals surface area contributed by atoms with Crippen LogP contribution >= 0.6 is 11.8 Å². The van der Waals surface area contributed by atoms with Crippen molar-refractivity contribution in [2.75, 3.05) is 5.75 Å². The highest BCUT2D eigenvalue weighted by atomic mass is 32.2. The number of nitrogens with one attached hydrogen (secondary N) is 1. The lowest BCUT2D eigenvalue weighted by Gasteiger charge is -2.02. The van der Waals surface area contributed by atoms with E-state index in [9.17, 15) is 14.9 Å². The van der Waals surface area contributed by atoms with Gasteiger partial charge in [0.25, 0.3) is 11.6 Å². The minimum absolute atomic E-state index is 0.00824. The summed E-state index contributed by atoms with van der Waals surface area (Å²) < 4.78 is 5.61. The van der Waals surface area contributed by atoms with Crippen LogP contribution < -0.4 is 5.43 Å². The van der Waals surface area contributed by atoms with Crippen molar-refractivity contribution < 1.29 is 14.1 Å². The zero-order valence-electron chi connectivity index (χ0n) is 15.7. The number of thioether (sulfide) groups is 1. The first-order valence-corrected chi connectivity index (χ1v) is 9.51. The molecule has 0 saturated heterocycles. The summed E-state index contributed by atoms with van der Waals surface area (Å²) >= 11 is 1.23. The van der Waals surface area contributed by atoms with Gasteiger partial charge in [-0.2, -0.15) is 5.10 Å². The van der Waals surface area contributed by atoms with Crippen molar-refractivity contribution in [3.05, 3.63) is 69.7 Å². The molecule has 1 aromatic carbocycles. The Morgan fingerprint density at radius 2 is 1.90 bits per heavy atom. The molecular weight excluding hydrogens is 394 g/mol. The lowest BCUT2D eigenvalue weighted by Crippen LogP contribution is -2.19. The van der Waals surface area contributed by atoms with Gasteiger partial charge < -0.3 is 4.42 Å². The number of aryl methyl sites for hydroxylation is 2. The number of carbonyl (C=O) groups excluding carboxylic acids is 1. The Hall–Kier alpha value is -3.53. The first kappa shape index (κ1) is 20.2. The van der Waals surface area contributed by atoms with Crippen LogP contribution in [0.25, 0.3) is 11.3 Å². The molecule has 0 radical (unpaired) electrons. The van der Waals surface area contributed by atoms with Crippen LogP contribution in [0.1, 0.15) is 17.1 Å². The van der Waals surface area contributed by atoms with Crippen LogP contribution in [0.15, 0.2) is 57.1 Å². The van der Waals surface area contributed by atoms with E-state index in [0.29, 0.717) is 22.2 Å². The summed E-state index contributed by atoms with van der Waals surface area (Å²) in [6.07, 6.45) is 1.38. The second-order valence-electron chi connectivity index (χ2n) is 6.02. The smallest absolute Gasteiger partial charge is 0.269 e. The summed E-state index contributed by atoms with van der Waals surface area (Å²) in [5.41, 5.74) is 4.82. The van der Waals surface area contributed by atoms with E-state index in [1.165, 1.54) is 30.1 Å². The number of nitro benzene ring substituents is 1. The molecule has 3 rings (SSSR count). The van der Waals surface area contributed by atoms with Gasteiger partial charge in [0.2, 0.25) is 0 Å². The van der Waals surface area contributed by atoms with E-state index in [1.807, 2.05) is 19.9 Å². The molecule has 1 N–H and O–H groups in total. The molecule has 2 aromatic heterocycles. The third-order valence-corrected chi connectivity index (χ3v) is 4.51. The van der Waals surface area contributed by atoms with E-state index in [4.69, 9.17) is 4.42 Å². The van der Waals surface area contributed by atoms with Crippen molar-refractivity contribution in [3.8, 4) is 11.3 Å². The Bertz CT molecular complexity index is 1040. The largest absolute Gasteiger partial charge is 0.455 e. The first-order valence-electron chi connectivity index (χ1n) is 8.52. The molecule has 9 nitrogen and oxygen atoms in total. The standard InChI is InChI=1S/C19H17N5O4S/c1-12-9-13(2)22-19(21-12)29-11-18(25)23-20-10-16-7-8-17(28-16)14-3-5-15(6-4-14)24(26)27/h3-10H,11H2,1-2H3,(H,23,25)/b20-10-. The number of nitro groups is 1. The zero-order valence-corrected chi connectivity index (χ0v) is 16.5. The van der Waals surface area contributed by atoms with Gasteiger partial charge in [0, 0.05) is 29.1 Å². The third kappa shape index (κ3) is 5.72. The summed E-state index contributed by atoms with van der Waals surface area (Å²) in [6, 6.07) is 11.3. The second-order valence-corrected chi connectivity index (χ2v) is 6.96. The molecular formula is C19H17N5O4S. The minimum Gasteiger partial charge on any atom is -0.455 e. The van der Waals surface area contributed by atoms with Crippen LogP contribution in [0.2, 0.25) is 0 Å². The van der Waals surface area contributed by atoms with Crippen molar-refractivity contribution in [3.63, 3.8) is 0 Å². The highest BCUT2D eigenvalue weighted by Gasteiger charge is 2.08. The predicted octanol–water partition coefficient (Wildman–Crippen LogP) is 3.50. The Labute approximate surface area is 170 Å². The minimum atomic E-state index is -0.461. The quantitative estimate of drug-likeness (QED) is 0.207. The fourth-order valence-electron chi connectivity index (χ4n) is 2.41. The number of carbonyl (C=O) groups is 1. The summed E-state index contributed by atoms with van der Waals surface area (Å²) in [5.74, 6) is 0.808. The molecule has 0 fully saturated rings. The summed E-state index contributed by atoms with van der Waals surface area (Å²) in [6.45, 7) is 3.74. The van der Waals surface area contributed by atoms with Crippen LogP contribution in [-0.4, -0.2) is 32.8 Å². The van der Waals surface area contributed by atoms with Gasteiger partial charge in [-0.25, -0.2) is 15.4 Å². The van der Waals surface area contributed by atoms with Gasteiger partial charge in [-0.3, -0.25) is 14.9 Å². The number of nitrogens with zero attached hydrogens (tertiary/aromatic N) is 4. The van der Waals surface area contributed by atoms with E-state index in [1.54, 1.807) is 24.3 Å². The van der Waals surface area contributed by atoms with Crippen molar-refractivity contribution in [2.24, 2.45) is 5.10 Å². The van der Waals surface area contributed by atoms with E-state index in [-0.39, 0.29) is 17.3 Å². The Kier molecular flexibility index (Phi) is 6.35. The van der Waals surface area contributed by atoms with Crippen molar-refractivity contribution in [1.82, 2.24) is 15.4 Å². The SMILES string of the molecule is Cc1cc(C)nc(SCC(=O)N/N=C\c2ccc(-c3ccc([N+](=O)[O-])cc3)o2)n1. The number of benzene rings is 1. The van der Waals surface area contributed by atoms with E-state index < -0.39 is 4.92 Å². The fraction of sp³-hybridized carbons (Fsp3) is 0.158. The predicted molar refractivity (Wildman–Crippen MR) is 109 cm³/mol. The molecule has 148 valence electrons. The molecule has 3 aromatic rings. The number of furan rings is 1. The van der Waals surface area contributed by atoms with Gasteiger partial charge in [-0.05, 0) is 44.2 Å².